The second kappa shape index (κ2) is 16.0. The van der Waals surface area contributed by atoms with Gasteiger partial charge in [-0.1, -0.05) is 172 Å². The SMILES string of the molecule is CC1(C)c2ccccc2N(c2ccccc2)c2cc(-c3cccc(N(c4ccc(-c5ccccc5)cc4)c4ccc(-c5ccc6c(c5)c5ccccc5n6-c5ccccc5)cc4)c3)ccc21. The fourth-order valence-electron chi connectivity index (χ4n) is 10.3. The van der Waals surface area contributed by atoms with Gasteiger partial charge in [-0.15, -0.1) is 0 Å². The first-order chi connectivity index (χ1) is 32.5. The van der Waals surface area contributed by atoms with Crippen molar-refractivity contribution >= 4 is 55.9 Å². The number of anilines is 6. The van der Waals surface area contributed by atoms with Gasteiger partial charge < -0.3 is 14.4 Å². The smallest absolute Gasteiger partial charge is 0.0541 e. The van der Waals surface area contributed by atoms with Gasteiger partial charge in [-0.25, -0.2) is 0 Å². The molecule has 10 aromatic carbocycles. The second-order valence-electron chi connectivity index (χ2n) is 17.8. The molecule has 1 aliphatic heterocycles. The van der Waals surface area contributed by atoms with Crippen molar-refractivity contribution in [2.24, 2.45) is 0 Å². The topological polar surface area (TPSA) is 11.4 Å². The molecule has 0 fully saturated rings. The van der Waals surface area contributed by atoms with E-state index in [0.717, 1.165) is 34.0 Å². The molecule has 2 heterocycles. The van der Waals surface area contributed by atoms with E-state index >= 15 is 0 Å². The Labute approximate surface area is 386 Å². The normalized spacial score (nSPS) is 12.8. The van der Waals surface area contributed by atoms with Crippen LogP contribution in [0, 0.1) is 0 Å². The average molecular weight is 846 g/mol. The molecule has 1 aliphatic rings. The van der Waals surface area contributed by atoms with E-state index in [0.29, 0.717) is 0 Å². The van der Waals surface area contributed by atoms with Gasteiger partial charge in [-0.2, -0.15) is 0 Å². The van der Waals surface area contributed by atoms with Crippen molar-refractivity contribution in [1.29, 1.82) is 0 Å². The van der Waals surface area contributed by atoms with E-state index in [2.05, 4.69) is 277 Å². The van der Waals surface area contributed by atoms with Crippen LogP contribution in [0.15, 0.2) is 249 Å². The minimum Gasteiger partial charge on any atom is -0.310 e. The molecule has 66 heavy (non-hydrogen) atoms. The molecule has 0 unspecified atom stereocenters. The maximum absolute atomic E-state index is 2.43. The molecule has 3 heteroatoms. The standard InChI is InChI=1S/C63H47N3/c1-63(2)57-26-13-15-28-61(57)66(51-22-10-5-11-23-51)62-43-49(33-39-58(62)63)47-19-16-24-54(41-47)64(52-35-29-45(30-36-52)44-17-6-3-7-18-44)53-37-31-46(32-38-53)48-34-40-60-56(42-48)55-25-12-14-27-59(55)65(60)50-20-8-4-9-21-50/h3-43H,1-2H3. The first-order valence-corrected chi connectivity index (χ1v) is 22.8. The second-order valence-corrected chi connectivity index (χ2v) is 17.8. The first kappa shape index (κ1) is 39.2. The van der Waals surface area contributed by atoms with Crippen LogP contribution in [0.3, 0.4) is 0 Å². The Morgan fingerprint density at radius 3 is 1.55 bits per heavy atom. The van der Waals surface area contributed by atoms with Gasteiger partial charge in [0.2, 0.25) is 0 Å². The van der Waals surface area contributed by atoms with Crippen LogP contribution in [0.2, 0.25) is 0 Å². The molecule has 11 aromatic rings. The van der Waals surface area contributed by atoms with Gasteiger partial charge >= 0.3 is 0 Å². The lowest BCUT2D eigenvalue weighted by Gasteiger charge is -2.42. The van der Waals surface area contributed by atoms with Crippen LogP contribution < -0.4 is 9.80 Å². The van der Waals surface area contributed by atoms with Crippen LogP contribution in [0.4, 0.5) is 34.1 Å². The van der Waals surface area contributed by atoms with Crippen molar-refractivity contribution in [2.75, 3.05) is 9.80 Å². The monoisotopic (exact) mass is 845 g/mol. The van der Waals surface area contributed by atoms with E-state index in [1.165, 1.54) is 72.1 Å². The Bertz CT molecular complexity index is 3530. The van der Waals surface area contributed by atoms with Crippen LogP contribution >= 0.6 is 0 Å². The zero-order chi connectivity index (χ0) is 44.2. The van der Waals surface area contributed by atoms with E-state index in [9.17, 15) is 0 Å². The summed E-state index contributed by atoms with van der Waals surface area (Å²) in [5, 5.41) is 2.50. The van der Waals surface area contributed by atoms with Gasteiger partial charge in [0.05, 0.1) is 22.4 Å². The summed E-state index contributed by atoms with van der Waals surface area (Å²) in [6.45, 7) is 4.70. The van der Waals surface area contributed by atoms with Gasteiger partial charge in [0.15, 0.2) is 0 Å². The van der Waals surface area contributed by atoms with Crippen molar-refractivity contribution < 1.29 is 0 Å². The van der Waals surface area contributed by atoms with Crippen LogP contribution in [0.1, 0.15) is 25.0 Å². The van der Waals surface area contributed by atoms with Crippen LogP contribution in [0.25, 0.3) is 60.9 Å². The van der Waals surface area contributed by atoms with Crippen LogP contribution in [-0.2, 0) is 5.41 Å². The number of aromatic nitrogens is 1. The van der Waals surface area contributed by atoms with Crippen LogP contribution in [-0.4, -0.2) is 4.57 Å². The average Bonchev–Trinajstić information content (AvgIpc) is 3.71. The van der Waals surface area contributed by atoms with Crippen molar-refractivity contribution in [3.05, 3.63) is 260 Å². The fraction of sp³-hybridized carbons (Fsp3) is 0.0476. The summed E-state index contributed by atoms with van der Waals surface area (Å²) in [7, 11) is 0. The van der Waals surface area contributed by atoms with Gasteiger partial charge in [-0.3, -0.25) is 0 Å². The zero-order valence-corrected chi connectivity index (χ0v) is 37.0. The number of benzene rings is 10. The minimum atomic E-state index is -0.167. The molecule has 0 atom stereocenters. The highest BCUT2D eigenvalue weighted by molar-refractivity contribution is 6.10. The number of fused-ring (bicyclic) bond motifs is 5. The summed E-state index contributed by atoms with van der Waals surface area (Å²) in [5.41, 5.74) is 20.0. The maximum Gasteiger partial charge on any atom is 0.0541 e. The van der Waals surface area contributed by atoms with Crippen molar-refractivity contribution in [3.63, 3.8) is 0 Å². The van der Waals surface area contributed by atoms with E-state index in [4.69, 9.17) is 0 Å². The largest absolute Gasteiger partial charge is 0.310 e. The number of hydrogen-bond acceptors (Lipinski definition) is 2. The molecule has 0 bridgehead atoms. The molecule has 0 spiro atoms. The molecule has 314 valence electrons. The maximum atomic E-state index is 2.43. The third-order valence-corrected chi connectivity index (χ3v) is 13.6. The number of para-hydroxylation sites is 4. The molecule has 0 aliphatic carbocycles. The first-order valence-electron chi connectivity index (χ1n) is 22.8. The lowest BCUT2D eigenvalue weighted by Crippen LogP contribution is -2.30. The molecule has 0 N–H and O–H groups in total. The Balaban J connectivity index is 0.950. The third kappa shape index (κ3) is 6.67. The zero-order valence-electron chi connectivity index (χ0n) is 37.0. The van der Waals surface area contributed by atoms with Gasteiger partial charge in [-0.05, 0) is 136 Å². The highest BCUT2D eigenvalue weighted by Crippen LogP contribution is 2.53. The van der Waals surface area contributed by atoms with E-state index in [1.807, 2.05) is 0 Å². The highest BCUT2D eigenvalue weighted by Gasteiger charge is 2.37. The summed E-state index contributed by atoms with van der Waals surface area (Å²) in [4.78, 5) is 4.82. The molecule has 0 radical (unpaired) electrons. The lowest BCUT2D eigenvalue weighted by atomic mass is 9.73. The van der Waals surface area contributed by atoms with Gasteiger partial charge in [0.1, 0.15) is 0 Å². The minimum absolute atomic E-state index is 0.167. The lowest BCUT2D eigenvalue weighted by molar-refractivity contribution is 0.632. The number of hydrogen-bond donors (Lipinski definition) is 0. The van der Waals surface area contributed by atoms with Gasteiger partial charge in [0, 0.05) is 44.6 Å². The summed E-state index contributed by atoms with van der Waals surface area (Å²) in [6, 6.07) is 90.6. The Hall–Kier alpha value is -8.40. The Morgan fingerprint density at radius 2 is 0.818 bits per heavy atom. The Kier molecular flexibility index (Phi) is 9.50. The molecule has 0 amide bonds. The summed E-state index contributed by atoms with van der Waals surface area (Å²) >= 11 is 0. The van der Waals surface area contributed by atoms with Crippen molar-refractivity contribution in [2.45, 2.75) is 19.3 Å². The van der Waals surface area contributed by atoms with Gasteiger partial charge in [0.25, 0.3) is 0 Å². The molecule has 12 rings (SSSR count). The molecule has 0 saturated carbocycles. The quantitative estimate of drug-likeness (QED) is 0.151. The summed E-state index contributed by atoms with van der Waals surface area (Å²) < 4.78 is 2.37. The fourth-order valence-corrected chi connectivity index (χ4v) is 10.3. The molecular formula is C63H47N3. The van der Waals surface area contributed by atoms with Crippen molar-refractivity contribution in [1.82, 2.24) is 4.57 Å². The predicted molar refractivity (Wildman–Crippen MR) is 279 cm³/mol. The van der Waals surface area contributed by atoms with E-state index in [1.54, 1.807) is 0 Å². The number of rotatable bonds is 8. The Morgan fingerprint density at radius 1 is 0.318 bits per heavy atom. The highest BCUT2D eigenvalue weighted by atomic mass is 15.2. The van der Waals surface area contributed by atoms with E-state index in [-0.39, 0.29) is 5.41 Å². The predicted octanol–water partition coefficient (Wildman–Crippen LogP) is 17.4. The van der Waals surface area contributed by atoms with Crippen LogP contribution in [0.5, 0.6) is 0 Å². The molecule has 0 saturated heterocycles. The number of nitrogens with zero attached hydrogens (tertiary/aromatic N) is 3. The van der Waals surface area contributed by atoms with E-state index < -0.39 is 0 Å². The van der Waals surface area contributed by atoms with Crippen molar-refractivity contribution in [3.8, 4) is 39.1 Å². The molecule has 3 nitrogen and oxygen atoms in total. The summed E-state index contributed by atoms with van der Waals surface area (Å²) in [6.07, 6.45) is 0. The third-order valence-electron chi connectivity index (χ3n) is 13.6. The molecule has 1 aromatic heterocycles. The summed E-state index contributed by atoms with van der Waals surface area (Å²) in [5.74, 6) is 0. The molecular weight excluding hydrogens is 799 g/mol.